The summed E-state index contributed by atoms with van der Waals surface area (Å²) in [6, 6.07) is 11.5. The molecule has 1 fully saturated rings. The third kappa shape index (κ3) is 13.3. The maximum absolute atomic E-state index is 14.0. The number of unbranched alkanes of at least 4 members (excludes halogenated alkanes) is 2. The maximum Gasteiger partial charge on any atom is 0.246 e. The zero-order valence-electron chi connectivity index (χ0n) is 32.9. The lowest BCUT2D eigenvalue weighted by Crippen LogP contribution is -2.57. The number of nitrogens with one attached hydrogen (secondary N) is 2. The number of primary amides is 1. The van der Waals surface area contributed by atoms with E-state index >= 15 is 0 Å². The average molecular weight is 799 g/mol. The van der Waals surface area contributed by atoms with Gasteiger partial charge in [0.15, 0.2) is 0 Å². The molecule has 1 aliphatic rings. The van der Waals surface area contributed by atoms with Crippen LogP contribution in [0.1, 0.15) is 101 Å². The predicted molar refractivity (Wildman–Crippen MR) is 219 cm³/mol. The fourth-order valence-electron chi connectivity index (χ4n) is 6.65. The molecule has 3 aromatic rings. The molecule has 2 heterocycles. The van der Waals surface area contributed by atoms with Crippen molar-refractivity contribution in [3.05, 3.63) is 70.4 Å². The molecule has 0 saturated carbocycles. The van der Waals surface area contributed by atoms with Gasteiger partial charge in [-0.25, -0.2) is 4.98 Å². The van der Waals surface area contributed by atoms with Crippen molar-refractivity contribution in [3.63, 3.8) is 0 Å². The molecule has 7 N–H and O–H groups in total. The summed E-state index contributed by atoms with van der Waals surface area (Å²) in [4.78, 5) is 58.7. The molecular formula is C41H59ClN6O6S. The number of benzene rings is 2. The van der Waals surface area contributed by atoms with Gasteiger partial charge in [-0.15, -0.1) is 23.7 Å². The van der Waals surface area contributed by atoms with Crippen molar-refractivity contribution < 1.29 is 29.0 Å². The number of nitrogens with zero attached hydrogens (tertiary/aromatic N) is 2. The van der Waals surface area contributed by atoms with Crippen molar-refractivity contribution in [2.75, 3.05) is 13.2 Å². The molecule has 0 spiro atoms. The number of rotatable bonds is 18. The molecular weight excluding hydrogens is 740 g/mol. The topological polar surface area (TPSA) is 190 Å². The van der Waals surface area contributed by atoms with E-state index in [9.17, 15) is 24.3 Å². The number of hydrogen-bond acceptors (Lipinski definition) is 9. The quantitative estimate of drug-likeness (QED) is 0.107. The van der Waals surface area contributed by atoms with Crippen LogP contribution < -0.4 is 26.8 Å². The highest BCUT2D eigenvalue weighted by Crippen LogP contribution is 2.30. The van der Waals surface area contributed by atoms with Gasteiger partial charge < -0.3 is 36.8 Å². The van der Waals surface area contributed by atoms with Crippen molar-refractivity contribution in [2.45, 2.75) is 123 Å². The molecule has 0 aliphatic carbocycles. The summed E-state index contributed by atoms with van der Waals surface area (Å²) in [5, 5.41) is 16.6. The molecule has 0 bridgehead atoms. The van der Waals surface area contributed by atoms with E-state index in [0.29, 0.717) is 19.4 Å². The average Bonchev–Trinajstić information content (AvgIpc) is 3.74. The summed E-state index contributed by atoms with van der Waals surface area (Å²) in [5.41, 5.74) is 17.7. The Morgan fingerprint density at radius 1 is 1.04 bits per heavy atom. The molecule has 12 nitrogen and oxygen atoms in total. The number of aliphatic hydroxyl groups is 1. The predicted octanol–water partition coefficient (Wildman–Crippen LogP) is 5.29. The van der Waals surface area contributed by atoms with Crippen LogP contribution in [0.15, 0.2) is 48.0 Å². The van der Waals surface area contributed by atoms with Gasteiger partial charge in [0.25, 0.3) is 0 Å². The largest absolute Gasteiger partial charge is 0.492 e. The van der Waals surface area contributed by atoms with Gasteiger partial charge in [0.05, 0.1) is 28.2 Å². The normalized spacial score (nSPS) is 17.1. The van der Waals surface area contributed by atoms with E-state index in [1.54, 1.807) is 11.3 Å². The number of aryl methyl sites for hydroxylation is 3. The van der Waals surface area contributed by atoms with Crippen LogP contribution in [0.4, 0.5) is 0 Å². The summed E-state index contributed by atoms with van der Waals surface area (Å²) >= 11 is 1.58. The van der Waals surface area contributed by atoms with E-state index in [4.69, 9.17) is 16.2 Å². The van der Waals surface area contributed by atoms with Gasteiger partial charge in [0.1, 0.15) is 24.4 Å². The van der Waals surface area contributed by atoms with Crippen LogP contribution in [0.5, 0.6) is 5.75 Å². The molecule has 55 heavy (non-hydrogen) atoms. The summed E-state index contributed by atoms with van der Waals surface area (Å²) in [6.07, 6.45) is 3.38. The molecule has 5 atom stereocenters. The summed E-state index contributed by atoms with van der Waals surface area (Å²) in [5.74, 6) is -0.613. The van der Waals surface area contributed by atoms with Crippen molar-refractivity contribution in [3.8, 4) is 16.2 Å². The third-order valence-corrected chi connectivity index (χ3v) is 10.9. The number of thiazole rings is 1. The van der Waals surface area contributed by atoms with Gasteiger partial charge in [-0.3, -0.25) is 19.2 Å². The number of nitrogens with two attached hydrogens (primary N) is 2. The van der Waals surface area contributed by atoms with Gasteiger partial charge in [-0.05, 0) is 86.3 Å². The molecule has 0 unspecified atom stereocenters. The fourth-order valence-corrected chi connectivity index (χ4v) is 7.46. The molecule has 1 saturated heterocycles. The number of carbonyl (C=O) groups excluding carboxylic acids is 4. The Hall–Kier alpha value is -4.04. The number of ether oxygens (including phenoxy) is 1. The van der Waals surface area contributed by atoms with Gasteiger partial charge >= 0.3 is 0 Å². The second-order valence-electron chi connectivity index (χ2n) is 15.6. The van der Waals surface area contributed by atoms with Crippen LogP contribution in [-0.4, -0.2) is 76.0 Å². The van der Waals surface area contributed by atoms with Crippen LogP contribution in [0, 0.1) is 19.3 Å². The Balaban J connectivity index is 0.00000812. The summed E-state index contributed by atoms with van der Waals surface area (Å²) in [6.45, 7) is 11.9. The maximum atomic E-state index is 14.0. The molecule has 14 heteroatoms. The summed E-state index contributed by atoms with van der Waals surface area (Å²) in [7, 11) is 0. The second-order valence-corrected chi connectivity index (χ2v) is 16.5. The molecule has 4 amide bonds. The number of hydrogen-bond donors (Lipinski definition) is 5. The second kappa shape index (κ2) is 20.8. The van der Waals surface area contributed by atoms with E-state index in [0.717, 1.165) is 57.8 Å². The number of amides is 4. The van der Waals surface area contributed by atoms with Gasteiger partial charge in [0.2, 0.25) is 23.6 Å². The summed E-state index contributed by atoms with van der Waals surface area (Å²) < 4.78 is 5.85. The molecule has 2 aromatic carbocycles. The highest BCUT2D eigenvalue weighted by Gasteiger charge is 2.44. The number of halogens is 1. The third-order valence-electron chi connectivity index (χ3n) is 9.96. The van der Waals surface area contributed by atoms with Crippen LogP contribution in [-0.2, 0) is 25.6 Å². The lowest BCUT2D eigenvalue weighted by Gasteiger charge is -2.35. The molecule has 0 radical (unpaired) electrons. The van der Waals surface area contributed by atoms with E-state index < -0.39 is 23.6 Å². The van der Waals surface area contributed by atoms with Crippen molar-refractivity contribution in [1.29, 1.82) is 0 Å². The fraction of sp³-hybridized carbons (Fsp3) is 0.537. The van der Waals surface area contributed by atoms with Crippen LogP contribution in [0.2, 0.25) is 0 Å². The number of aliphatic hydroxyl groups excluding tert-OH is 1. The smallest absolute Gasteiger partial charge is 0.246 e. The van der Waals surface area contributed by atoms with Crippen LogP contribution >= 0.6 is 23.7 Å². The molecule has 4 rings (SSSR count). The van der Waals surface area contributed by atoms with E-state index in [1.807, 2.05) is 89.5 Å². The van der Waals surface area contributed by atoms with Crippen molar-refractivity contribution in [1.82, 2.24) is 20.5 Å². The lowest BCUT2D eigenvalue weighted by molar-refractivity contribution is -0.144. The monoisotopic (exact) mass is 798 g/mol. The minimum Gasteiger partial charge on any atom is -0.492 e. The molecule has 1 aromatic heterocycles. The van der Waals surface area contributed by atoms with Crippen molar-refractivity contribution >= 4 is 47.4 Å². The first-order valence-electron chi connectivity index (χ1n) is 18.9. The van der Waals surface area contributed by atoms with Crippen LogP contribution in [0.25, 0.3) is 10.4 Å². The first-order valence-corrected chi connectivity index (χ1v) is 19.8. The number of likely N-dealkylation sites (tertiary alicyclic amines) is 1. The Morgan fingerprint density at radius 2 is 1.75 bits per heavy atom. The first-order chi connectivity index (χ1) is 25.5. The SMILES string of the molecule is Cc1ccc(OC[C@@H](N)CCC(N)=O)cc1CCCCCC(=O)N[C@H](C(=O)N1C[C@H](O)C[C@H]1C(=O)N[C@@H](C)c1ccc(-c2scnc2C)cc1)C(C)(C)C.Cl. The number of aromatic nitrogens is 1. The van der Waals surface area contributed by atoms with Crippen LogP contribution in [0.3, 0.4) is 0 Å². The number of β-amino-alcohol motifs (C(OH)–C–C–N with tert-alkyl or cyclic N) is 1. The Morgan fingerprint density at radius 3 is 2.38 bits per heavy atom. The van der Waals surface area contributed by atoms with E-state index in [1.165, 1.54) is 4.90 Å². The Kier molecular flexibility index (Phi) is 17.1. The minimum atomic E-state index is -0.875. The van der Waals surface area contributed by atoms with E-state index in [2.05, 4.69) is 15.6 Å². The lowest BCUT2D eigenvalue weighted by atomic mass is 9.85. The molecule has 1 aliphatic heterocycles. The van der Waals surface area contributed by atoms with Gasteiger partial charge in [0, 0.05) is 31.8 Å². The highest BCUT2D eigenvalue weighted by molar-refractivity contribution is 7.13. The minimum absolute atomic E-state index is 0. The standard InChI is InChI=1S/C41H58N6O6S.ClH/c1-25-12-18-33(53-23-31(42)17-19-35(43)49)20-30(25)10-8-7-9-11-36(50)46-38(41(4,5)6)40(52)47-22-32(48)21-34(47)39(51)45-26(2)28-13-15-29(16-14-28)37-27(3)44-24-54-37;/h12-16,18,20,24,26,31-32,34,38,48H,7-11,17,19,21-23,42H2,1-6H3,(H2,43,49)(H,45,51)(H,46,50);1H/t26-,31-,32+,34-,38+;/m0./s1. The Labute approximate surface area is 335 Å². The van der Waals surface area contributed by atoms with Gasteiger partial charge in [-0.2, -0.15) is 0 Å². The van der Waals surface area contributed by atoms with E-state index in [-0.39, 0.29) is 73.9 Å². The zero-order chi connectivity index (χ0) is 39.6. The van der Waals surface area contributed by atoms with Gasteiger partial charge in [-0.1, -0.05) is 57.5 Å². The molecule has 302 valence electrons. The first kappa shape index (κ1) is 45.4. The zero-order valence-corrected chi connectivity index (χ0v) is 34.6. The highest BCUT2D eigenvalue weighted by atomic mass is 35.5. The number of carbonyl (C=O) groups is 4. The van der Waals surface area contributed by atoms with Crippen molar-refractivity contribution in [2.24, 2.45) is 16.9 Å². The Bertz CT molecular complexity index is 1750.